The van der Waals surface area contributed by atoms with Crippen LogP contribution in [-0.2, 0) is 19.7 Å². The Hall–Kier alpha value is -2.04. The molecule has 0 bridgehead atoms. The number of amides is 1. The van der Waals surface area contributed by atoms with Crippen LogP contribution in [0.5, 0.6) is 0 Å². The van der Waals surface area contributed by atoms with Crippen molar-refractivity contribution in [1.82, 2.24) is 5.32 Å². The van der Waals surface area contributed by atoms with Gasteiger partial charge in [0, 0.05) is 0 Å². The predicted molar refractivity (Wildman–Crippen MR) is 89.3 cm³/mol. The van der Waals surface area contributed by atoms with Gasteiger partial charge < -0.3 is 14.8 Å². The van der Waals surface area contributed by atoms with E-state index in [4.69, 9.17) is 9.47 Å². The minimum Gasteiger partial charge on any atom is -0.468 e. The molecule has 128 valence electrons. The Labute approximate surface area is 138 Å². The Morgan fingerprint density at radius 3 is 2.26 bits per heavy atom. The highest BCUT2D eigenvalue weighted by molar-refractivity contribution is 5.82. The molecule has 1 aromatic rings. The van der Waals surface area contributed by atoms with Crippen LogP contribution < -0.4 is 5.32 Å². The fraction of sp³-hybridized carbons (Fsp3) is 0.556. The summed E-state index contributed by atoms with van der Waals surface area (Å²) < 4.78 is 10.1. The van der Waals surface area contributed by atoms with Crippen molar-refractivity contribution in [3.63, 3.8) is 0 Å². The third-order valence-electron chi connectivity index (χ3n) is 3.54. The highest BCUT2D eigenvalue weighted by Crippen LogP contribution is 2.27. The number of esters is 1. The van der Waals surface area contributed by atoms with Gasteiger partial charge in [-0.3, -0.25) is 4.79 Å². The molecule has 0 aliphatic rings. The first-order chi connectivity index (χ1) is 10.5. The molecular formula is C18H27NO4. The summed E-state index contributed by atoms with van der Waals surface area (Å²) in [5, 5.41) is 2.80. The molecule has 5 heteroatoms. The van der Waals surface area contributed by atoms with Crippen LogP contribution in [0.1, 0.15) is 58.7 Å². The first-order valence-electron chi connectivity index (χ1n) is 7.65. The van der Waals surface area contributed by atoms with E-state index in [9.17, 15) is 9.59 Å². The lowest BCUT2D eigenvalue weighted by Gasteiger charge is -2.25. The number of carbonyl (C=O) groups is 2. The fourth-order valence-electron chi connectivity index (χ4n) is 2.14. The molecular weight excluding hydrogens is 294 g/mol. The molecule has 0 saturated carbocycles. The van der Waals surface area contributed by atoms with Crippen LogP contribution >= 0.6 is 0 Å². The van der Waals surface area contributed by atoms with Gasteiger partial charge in [-0.05, 0) is 52.7 Å². The quantitative estimate of drug-likeness (QED) is 0.858. The number of carbonyl (C=O) groups excluding carboxylic acids is 2. The van der Waals surface area contributed by atoms with Crippen LogP contribution in [0.15, 0.2) is 24.3 Å². The van der Waals surface area contributed by atoms with Crippen LogP contribution in [0.3, 0.4) is 0 Å². The molecule has 1 aromatic carbocycles. The minimum atomic E-state index is -0.754. The van der Waals surface area contributed by atoms with Crippen molar-refractivity contribution < 1.29 is 19.1 Å². The van der Waals surface area contributed by atoms with Crippen LogP contribution in [0.4, 0.5) is 4.79 Å². The van der Waals surface area contributed by atoms with Gasteiger partial charge in [0.15, 0.2) is 0 Å². The molecule has 0 spiro atoms. The zero-order valence-corrected chi connectivity index (χ0v) is 15.0. The molecule has 0 aliphatic carbocycles. The molecule has 0 radical (unpaired) electrons. The second kappa shape index (κ2) is 7.02. The van der Waals surface area contributed by atoms with Crippen molar-refractivity contribution in [3.05, 3.63) is 35.4 Å². The van der Waals surface area contributed by atoms with Gasteiger partial charge in [0.2, 0.25) is 0 Å². The summed E-state index contributed by atoms with van der Waals surface area (Å²) in [4.78, 5) is 23.8. The van der Waals surface area contributed by atoms with Crippen LogP contribution in [0, 0.1) is 0 Å². The number of hydrogen-bond acceptors (Lipinski definition) is 4. The van der Waals surface area contributed by atoms with Crippen LogP contribution in [-0.4, -0.2) is 24.8 Å². The molecule has 0 aromatic heterocycles. The zero-order valence-electron chi connectivity index (χ0n) is 15.0. The number of alkyl carbamates (subject to hydrolysis) is 1. The van der Waals surface area contributed by atoms with Gasteiger partial charge in [-0.2, -0.15) is 0 Å². The Morgan fingerprint density at radius 1 is 1.13 bits per heavy atom. The van der Waals surface area contributed by atoms with Crippen molar-refractivity contribution in [2.24, 2.45) is 0 Å². The molecule has 23 heavy (non-hydrogen) atoms. The number of nitrogens with one attached hydrogen (secondary N) is 1. The lowest BCUT2D eigenvalue weighted by molar-refractivity contribution is -0.146. The monoisotopic (exact) mass is 321 g/mol. The summed E-state index contributed by atoms with van der Waals surface area (Å²) >= 11 is 0. The highest BCUT2D eigenvalue weighted by atomic mass is 16.6. The summed E-state index contributed by atoms with van der Waals surface area (Å²) in [5.74, 6) is -0.303. The molecule has 1 rings (SSSR count). The van der Waals surface area contributed by atoms with E-state index in [1.807, 2.05) is 65.8 Å². The van der Waals surface area contributed by atoms with E-state index < -0.39 is 17.1 Å². The maximum Gasteiger partial charge on any atom is 0.408 e. The first-order valence-corrected chi connectivity index (χ1v) is 7.65. The standard InChI is InChI=1S/C18H27NO4/c1-12(19-16(21)23-17(2,3)4)13-9-8-10-14(11-13)18(5,6)15(20)22-7/h8-12H,1-7H3,(H,19,21)/t12-/m0/s1. The topological polar surface area (TPSA) is 64.6 Å². The Bertz CT molecular complexity index is 573. The second-order valence-electron chi connectivity index (χ2n) is 7.11. The number of methoxy groups -OCH3 is 1. The average molecular weight is 321 g/mol. The van der Waals surface area contributed by atoms with E-state index >= 15 is 0 Å². The van der Waals surface area contributed by atoms with Gasteiger partial charge in [-0.25, -0.2) is 4.79 Å². The average Bonchev–Trinajstić information content (AvgIpc) is 2.44. The minimum absolute atomic E-state index is 0.238. The Balaban J connectivity index is 2.92. The zero-order chi connectivity index (χ0) is 17.8. The molecule has 0 fully saturated rings. The maximum absolute atomic E-state index is 11.9. The molecule has 5 nitrogen and oxygen atoms in total. The SMILES string of the molecule is COC(=O)C(C)(C)c1cccc([C@H](C)NC(=O)OC(C)(C)C)c1. The van der Waals surface area contributed by atoms with Crippen LogP contribution in [0.2, 0.25) is 0 Å². The summed E-state index contributed by atoms with van der Waals surface area (Å²) in [5.41, 5.74) is 0.430. The van der Waals surface area contributed by atoms with Gasteiger partial charge in [0.25, 0.3) is 0 Å². The van der Waals surface area contributed by atoms with Crippen molar-refractivity contribution in [3.8, 4) is 0 Å². The van der Waals surface area contributed by atoms with E-state index in [2.05, 4.69) is 5.32 Å². The highest BCUT2D eigenvalue weighted by Gasteiger charge is 2.31. The first kappa shape index (κ1) is 19.0. The molecule has 0 aliphatic heterocycles. The predicted octanol–water partition coefficient (Wildman–Crippen LogP) is 3.72. The third-order valence-corrected chi connectivity index (χ3v) is 3.54. The lowest BCUT2D eigenvalue weighted by atomic mass is 9.83. The summed E-state index contributed by atoms with van der Waals surface area (Å²) in [6.45, 7) is 10.9. The molecule has 0 unspecified atom stereocenters. The van der Waals surface area contributed by atoms with E-state index in [1.165, 1.54) is 7.11 Å². The lowest BCUT2D eigenvalue weighted by Crippen LogP contribution is -2.34. The van der Waals surface area contributed by atoms with Gasteiger partial charge in [0.05, 0.1) is 18.6 Å². The van der Waals surface area contributed by atoms with E-state index in [-0.39, 0.29) is 12.0 Å². The van der Waals surface area contributed by atoms with Crippen molar-refractivity contribution in [2.75, 3.05) is 7.11 Å². The van der Waals surface area contributed by atoms with Crippen LogP contribution in [0.25, 0.3) is 0 Å². The Kier molecular flexibility index (Phi) is 5.81. The number of hydrogen-bond donors (Lipinski definition) is 1. The number of ether oxygens (including phenoxy) is 2. The van der Waals surface area contributed by atoms with Crippen molar-refractivity contribution in [2.45, 2.75) is 58.6 Å². The fourth-order valence-corrected chi connectivity index (χ4v) is 2.14. The Morgan fingerprint density at radius 2 is 1.74 bits per heavy atom. The van der Waals surface area contributed by atoms with Gasteiger partial charge >= 0.3 is 12.1 Å². The van der Waals surface area contributed by atoms with E-state index in [1.54, 1.807) is 0 Å². The summed E-state index contributed by atoms with van der Waals surface area (Å²) in [7, 11) is 1.38. The smallest absolute Gasteiger partial charge is 0.408 e. The molecule has 1 amide bonds. The van der Waals surface area contributed by atoms with Crippen molar-refractivity contribution in [1.29, 1.82) is 0 Å². The third kappa shape index (κ3) is 5.27. The van der Waals surface area contributed by atoms with Gasteiger partial charge in [0.1, 0.15) is 5.60 Å². The van der Waals surface area contributed by atoms with Crippen molar-refractivity contribution >= 4 is 12.1 Å². The molecule has 0 saturated heterocycles. The summed E-state index contributed by atoms with van der Waals surface area (Å²) in [6.07, 6.45) is -0.470. The number of rotatable bonds is 4. The second-order valence-corrected chi connectivity index (χ2v) is 7.11. The number of benzene rings is 1. The molecule has 1 N–H and O–H groups in total. The van der Waals surface area contributed by atoms with E-state index in [0.29, 0.717) is 0 Å². The molecule has 1 atom stereocenters. The summed E-state index contributed by atoms with van der Waals surface area (Å²) in [6, 6.07) is 7.31. The van der Waals surface area contributed by atoms with Gasteiger partial charge in [-0.15, -0.1) is 0 Å². The largest absolute Gasteiger partial charge is 0.468 e. The normalized spacial score (nSPS) is 13.2. The van der Waals surface area contributed by atoms with Gasteiger partial charge in [-0.1, -0.05) is 24.3 Å². The molecule has 0 heterocycles. The van der Waals surface area contributed by atoms with E-state index in [0.717, 1.165) is 11.1 Å². The maximum atomic E-state index is 11.9.